The highest BCUT2D eigenvalue weighted by Gasteiger charge is 2.03. The number of rotatable bonds is 7. The van der Waals surface area contributed by atoms with Crippen LogP contribution in [-0.4, -0.2) is 18.6 Å². The lowest BCUT2D eigenvalue weighted by atomic mass is 10.1. The van der Waals surface area contributed by atoms with Crippen LogP contribution in [0.5, 0.6) is 5.75 Å². The Bertz CT molecular complexity index is 361. The molecule has 1 amide bonds. The minimum atomic E-state index is 0.0276. The normalized spacial score (nSPS) is 11.9. The molecule has 0 radical (unpaired) electrons. The SMILES string of the molecule is CCOc1ccc(NC(=O)CCCC(C)N)cc1. The van der Waals surface area contributed by atoms with Crippen molar-refractivity contribution in [1.29, 1.82) is 0 Å². The maximum atomic E-state index is 11.6. The van der Waals surface area contributed by atoms with Gasteiger partial charge in [0, 0.05) is 18.2 Å². The molecule has 100 valence electrons. The first-order valence-electron chi connectivity index (χ1n) is 6.40. The zero-order chi connectivity index (χ0) is 13.4. The van der Waals surface area contributed by atoms with Gasteiger partial charge in [-0.2, -0.15) is 0 Å². The number of hydrogen-bond donors (Lipinski definition) is 2. The first kappa shape index (κ1) is 14.5. The van der Waals surface area contributed by atoms with E-state index in [9.17, 15) is 4.79 Å². The van der Waals surface area contributed by atoms with Gasteiger partial charge >= 0.3 is 0 Å². The molecule has 0 aromatic heterocycles. The Kier molecular flexibility index (Phi) is 6.22. The fourth-order valence-corrected chi connectivity index (χ4v) is 1.61. The minimum absolute atomic E-state index is 0.0276. The van der Waals surface area contributed by atoms with Crippen molar-refractivity contribution in [3.05, 3.63) is 24.3 Å². The van der Waals surface area contributed by atoms with E-state index in [4.69, 9.17) is 10.5 Å². The van der Waals surface area contributed by atoms with Gasteiger partial charge in [0.1, 0.15) is 5.75 Å². The van der Waals surface area contributed by atoms with Crippen LogP contribution in [-0.2, 0) is 4.79 Å². The maximum Gasteiger partial charge on any atom is 0.224 e. The van der Waals surface area contributed by atoms with Crippen LogP contribution in [0.3, 0.4) is 0 Å². The Morgan fingerprint density at radius 1 is 1.39 bits per heavy atom. The largest absolute Gasteiger partial charge is 0.494 e. The maximum absolute atomic E-state index is 11.6. The van der Waals surface area contributed by atoms with Gasteiger partial charge in [0.15, 0.2) is 0 Å². The lowest BCUT2D eigenvalue weighted by Crippen LogP contribution is -2.16. The minimum Gasteiger partial charge on any atom is -0.494 e. The van der Waals surface area contributed by atoms with Crippen molar-refractivity contribution in [1.82, 2.24) is 0 Å². The number of nitrogens with one attached hydrogen (secondary N) is 1. The predicted molar refractivity (Wildman–Crippen MR) is 73.7 cm³/mol. The van der Waals surface area contributed by atoms with E-state index in [2.05, 4.69) is 5.32 Å². The second kappa shape index (κ2) is 7.71. The molecule has 0 aliphatic carbocycles. The van der Waals surface area contributed by atoms with Crippen molar-refractivity contribution >= 4 is 11.6 Å². The standard InChI is InChI=1S/C14H22N2O2/c1-3-18-13-9-7-12(8-10-13)16-14(17)6-4-5-11(2)15/h7-11H,3-6,15H2,1-2H3,(H,16,17). The van der Waals surface area contributed by atoms with E-state index in [0.29, 0.717) is 13.0 Å². The Labute approximate surface area is 109 Å². The van der Waals surface area contributed by atoms with Crippen LogP contribution in [0.15, 0.2) is 24.3 Å². The molecule has 0 aliphatic rings. The summed E-state index contributed by atoms with van der Waals surface area (Å²) in [5, 5.41) is 2.85. The number of benzene rings is 1. The molecule has 1 aromatic rings. The third-order valence-electron chi connectivity index (χ3n) is 2.51. The Morgan fingerprint density at radius 2 is 2.06 bits per heavy atom. The van der Waals surface area contributed by atoms with E-state index in [0.717, 1.165) is 24.3 Å². The molecule has 4 nitrogen and oxygen atoms in total. The van der Waals surface area contributed by atoms with Gasteiger partial charge in [-0.3, -0.25) is 4.79 Å². The second-order valence-corrected chi connectivity index (χ2v) is 4.38. The molecule has 1 aromatic carbocycles. The molecule has 0 saturated heterocycles. The van der Waals surface area contributed by atoms with Gasteiger partial charge in [-0.25, -0.2) is 0 Å². The van der Waals surface area contributed by atoms with Crippen LogP contribution in [0.1, 0.15) is 33.1 Å². The van der Waals surface area contributed by atoms with Crippen molar-refractivity contribution in [2.24, 2.45) is 5.73 Å². The molecule has 3 N–H and O–H groups in total. The van der Waals surface area contributed by atoms with E-state index in [1.165, 1.54) is 0 Å². The van der Waals surface area contributed by atoms with Crippen molar-refractivity contribution in [2.75, 3.05) is 11.9 Å². The summed E-state index contributed by atoms with van der Waals surface area (Å²) in [5.41, 5.74) is 6.43. The smallest absolute Gasteiger partial charge is 0.224 e. The van der Waals surface area contributed by atoms with Gasteiger partial charge in [-0.05, 0) is 51.0 Å². The molecule has 0 spiro atoms. The number of nitrogens with two attached hydrogens (primary N) is 1. The van der Waals surface area contributed by atoms with Crippen LogP contribution in [0.2, 0.25) is 0 Å². The van der Waals surface area contributed by atoms with Gasteiger partial charge in [-0.15, -0.1) is 0 Å². The molecule has 0 heterocycles. The van der Waals surface area contributed by atoms with Crippen molar-refractivity contribution in [3.63, 3.8) is 0 Å². The summed E-state index contributed by atoms with van der Waals surface area (Å²) in [6.45, 7) is 4.53. The third-order valence-corrected chi connectivity index (χ3v) is 2.51. The monoisotopic (exact) mass is 250 g/mol. The molecule has 1 unspecified atom stereocenters. The van der Waals surface area contributed by atoms with Gasteiger partial charge < -0.3 is 15.8 Å². The van der Waals surface area contributed by atoms with Crippen LogP contribution in [0.25, 0.3) is 0 Å². The van der Waals surface area contributed by atoms with Crippen LogP contribution in [0.4, 0.5) is 5.69 Å². The number of carbonyl (C=O) groups is 1. The van der Waals surface area contributed by atoms with Crippen molar-refractivity contribution in [2.45, 2.75) is 39.2 Å². The number of amides is 1. The summed E-state index contributed by atoms with van der Waals surface area (Å²) in [4.78, 5) is 11.6. The van der Waals surface area contributed by atoms with Crippen LogP contribution in [0, 0.1) is 0 Å². The van der Waals surface area contributed by atoms with E-state index in [1.54, 1.807) is 0 Å². The molecule has 1 atom stereocenters. The highest BCUT2D eigenvalue weighted by atomic mass is 16.5. The van der Waals surface area contributed by atoms with Crippen LogP contribution >= 0.6 is 0 Å². The summed E-state index contributed by atoms with van der Waals surface area (Å²) in [6.07, 6.45) is 2.20. The van der Waals surface area contributed by atoms with Gasteiger partial charge in [0.25, 0.3) is 0 Å². The number of carbonyl (C=O) groups excluding carboxylic acids is 1. The van der Waals surface area contributed by atoms with Crippen molar-refractivity contribution in [3.8, 4) is 5.75 Å². The molecule has 0 saturated carbocycles. The first-order chi connectivity index (χ1) is 8.61. The Hall–Kier alpha value is -1.55. The van der Waals surface area contributed by atoms with E-state index < -0.39 is 0 Å². The number of hydrogen-bond acceptors (Lipinski definition) is 3. The van der Waals surface area contributed by atoms with Gasteiger partial charge in [-0.1, -0.05) is 0 Å². The van der Waals surface area contributed by atoms with E-state index in [-0.39, 0.29) is 11.9 Å². The summed E-state index contributed by atoms with van der Waals surface area (Å²) in [5.74, 6) is 0.840. The lowest BCUT2D eigenvalue weighted by Gasteiger charge is -2.08. The molecule has 0 bridgehead atoms. The fraction of sp³-hybridized carbons (Fsp3) is 0.500. The highest BCUT2D eigenvalue weighted by molar-refractivity contribution is 5.90. The van der Waals surface area contributed by atoms with E-state index in [1.807, 2.05) is 38.1 Å². The predicted octanol–water partition coefficient (Wildman–Crippen LogP) is 2.54. The van der Waals surface area contributed by atoms with Gasteiger partial charge in [0.2, 0.25) is 5.91 Å². The second-order valence-electron chi connectivity index (χ2n) is 4.38. The Balaban J connectivity index is 2.35. The molecular formula is C14H22N2O2. The fourth-order valence-electron chi connectivity index (χ4n) is 1.61. The lowest BCUT2D eigenvalue weighted by molar-refractivity contribution is -0.116. The molecule has 0 fully saturated rings. The van der Waals surface area contributed by atoms with E-state index >= 15 is 0 Å². The summed E-state index contributed by atoms with van der Waals surface area (Å²) in [7, 11) is 0. The zero-order valence-electron chi connectivity index (χ0n) is 11.1. The molecule has 4 heteroatoms. The third kappa shape index (κ3) is 5.68. The first-order valence-corrected chi connectivity index (χ1v) is 6.40. The quantitative estimate of drug-likeness (QED) is 0.781. The highest BCUT2D eigenvalue weighted by Crippen LogP contribution is 2.16. The van der Waals surface area contributed by atoms with Gasteiger partial charge in [0.05, 0.1) is 6.61 Å². The average molecular weight is 250 g/mol. The average Bonchev–Trinajstić information content (AvgIpc) is 2.31. The van der Waals surface area contributed by atoms with Crippen molar-refractivity contribution < 1.29 is 9.53 Å². The molecule has 0 aliphatic heterocycles. The number of anilines is 1. The molecular weight excluding hydrogens is 228 g/mol. The summed E-state index contributed by atoms with van der Waals surface area (Å²) in [6, 6.07) is 7.54. The molecule has 1 rings (SSSR count). The topological polar surface area (TPSA) is 64.3 Å². The Morgan fingerprint density at radius 3 is 2.61 bits per heavy atom. The van der Waals surface area contributed by atoms with Crippen LogP contribution < -0.4 is 15.8 Å². The summed E-state index contributed by atoms with van der Waals surface area (Å²) < 4.78 is 5.33. The zero-order valence-corrected chi connectivity index (χ0v) is 11.1. The molecule has 18 heavy (non-hydrogen) atoms. The number of ether oxygens (including phenoxy) is 1. The summed E-state index contributed by atoms with van der Waals surface area (Å²) >= 11 is 0.